The van der Waals surface area contributed by atoms with E-state index in [-0.39, 0.29) is 11.5 Å². The Morgan fingerprint density at radius 3 is 2.52 bits per heavy atom. The molecule has 0 bridgehead atoms. The van der Waals surface area contributed by atoms with Gasteiger partial charge in [-0.05, 0) is 51.8 Å². The van der Waals surface area contributed by atoms with Gasteiger partial charge >= 0.3 is 0 Å². The minimum absolute atomic E-state index is 0.267. The molecule has 0 fully saturated rings. The van der Waals surface area contributed by atoms with E-state index in [0.717, 1.165) is 10.6 Å². The Bertz CT molecular complexity index is 886. The van der Waals surface area contributed by atoms with Crippen LogP contribution in [-0.4, -0.2) is 5.91 Å². The largest absolute Gasteiger partial charge is 0.321 e. The molecule has 0 heterocycles. The normalized spacial score (nSPS) is 10.5. The van der Waals surface area contributed by atoms with E-state index in [0.29, 0.717) is 10.2 Å². The standard InChI is InChI=1S/C20H15BrFNOS/c21-17-11-10-15(22)12-16(17)20(24)23-18-8-4-5-9-19(18)25-13-14-6-2-1-3-7-14/h1-12H,13H2,(H,23,24). The lowest BCUT2D eigenvalue weighted by Gasteiger charge is -2.12. The van der Waals surface area contributed by atoms with Gasteiger partial charge in [0.05, 0.1) is 11.3 Å². The Kier molecular flexibility index (Phi) is 5.89. The number of thioether (sulfide) groups is 1. The predicted octanol–water partition coefficient (Wildman–Crippen LogP) is 6.13. The van der Waals surface area contributed by atoms with Crippen LogP contribution in [-0.2, 0) is 5.75 Å². The van der Waals surface area contributed by atoms with Gasteiger partial charge in [0, 0.05) is 15.1 Å². The molecule has 5 heteroatoms. The first-order valence-electron chi connectivity index (χ1n) is 7.65. The van der Waals surface area contributed by atoms with E-state index in [2.05, 4.69) is 33.4 Å². The first kappa shape index (κ1) is 17.7. The van der Waals surface area contributed by atoms with Gasteiger partial charge in [-0.15, -0.1) is 11.8 Å². The molecule has 1 amide bonds. The Morgan fingerprint density at radius 2 is 1.72 bits per heavy atom. The molecule has 0 aliphatic carbocycles. The van der Waals surface area contributed by atoms with Gasteiger partial charge in [0.25, 0.3) is 5.91 Å². The molecule has 0 spiro atoms. The van der Waals surface area contributed by atoms with Crippen molar-refractivity contribution in [1.82, 2.24) is 0 Å². The summed E-state index contributed by atoms with van der Waals surface area (Å²) in [6.07, 6.45) is 0. The Balaban J connectivity index is 1.76. The lowest BCUT2D eigenvalue weighted by molar-refractivity contribution is 0.102. The fourth-order valence-electron chi connectivity index (χ4n) is 2.29. The van der Waals surface area contributed by atoms with Gasteiger partial charge in [0.1, 0.15) is 5.82 Å². The molecule has 3 rings (SSSR count). The molecule has 0 atom stereocenters. The zero-order valence-corrected chi connectivity index (χ0v) is 15.6. The average Bonchev–Trinajstić information content (AvgIpc) is 2.64. The number of hydrogen-bond acceptors (Lipinski definition) is 2. The SMILES string of the molecule is O=C(Nc1ccccc1SCc1ccccc1)c1cc(F)ccc1Br. The average molecular weight is 416 g/mol. The van der Waals surface area contributed by atoms with Gasteiger partial charge in [0.15, 0.2) is 0 Å². The molecular formula is C20H15BrFNOS. The van der Waals surface area contributed by atoms with E-state index in [1.807, 2.05) is 42.5 Å². The lowest BCUT2D eigenvalue weighted by Crippen LogP contribution is -2.13. The first-order chi connectivity index (χ1) is 12.1. The second kappa shape index (κ2) is 8.32. The molecule has 0 aliphatic heterocycles. The van der Waals surface area contributed by atoms with Gasteiger partial charge in [-0.2, -0.15) is 0 Å². The molecule has 25 heavy (non-hydrogen) atoms. The van der Waals surface area contributed by atoms with Gasteiger partial charge < -0.3 is 5.32 Å². The quantitative estimate of drug-likeness (QED) is 0.507. The Labute approximate surface area is 158 Å². The molecule has 3 aromatic rings. The number of rotatable bonds is 5. The van der Waals surface area contributed by atoms with Crippen LogP contribution in [0.3, 0.4) is 0 Å². The summed E-state index contributed by atoms with van der Waals surface area (Å²) in [7, 11) is 0. The van der Waals surface area contributed by atoms with Crippen LogP contribution in [0.4, 0.5) is 10.1 Å². The van der Waals surface area contributed by atoms with Crippen molar-refractivity contribution in [3.05, 3.63) is 94.2 Å². The molecule has 0 saturated heterocycles. The minimum Gasteiger partial charge on any atom is -0.321 e. The monoisotopic (exact) mass is 415 g/mol. The van der Waals surface area contributed by atoms with Crippen LogP contribution in [0.2, 0.25) is 0 Å². The maximum atomic E-state index is 13.4. The number of amides is 1. The first-order valence-corrected chi connectivity index (χ1v) is 9.43. The van der Waals surface area contributed by atoms with Crippen LogP contribution >= 0.6 is 27.7 Å². The molecule has 0 aliphatic rings. The predicted molar refractivity (Wildman–Crippen MR) is 104 cm³/mol. The van der Waals surface area contributed by atoms with Crippen molar-refractivity contribution in [2.45, 2.75) is 10.6 Å². The second-order valence-corrected chi connectivity index (χ2v) is 7.22. The third-order valence-electron chi connectivity index (χ3n) is 3.55. The van der Waals surface area contributed by atoms with Crippen LogP contribution in [0.5, 0.6) is 0 Å². The van der Waals surface area contributed by atoms with E-state index in [4.69, 9.17) is 0 Å². The second-order valence-electron chi connectivity index (χ2n) is 5.35. The van der Waals surface area contributed by atoms with Crippen molar-refractivity contribution in [3.8, 4) is 0 Å². The minimum atomic E-state index is -0.444. The zero-order valence-electron chi connectivity index (χ0n) is 13.2. The smallest absolute Gasteiger partial charge is 0.256 e. The van der Waals surface area contributed by atoms with Crippen molar-refractivity contribution in [3.63, 3.8) is 0 Å². The summed E-state index contributed by atoms with van der Waals surface area (Å²) < 4.78 is 14.0. The van der Waals surface area contributed by atoms with Crippen LogP contribution in [0.15, 0.2) is 82.2 Å². The number of carbonyl (C=O) groups is 1. The highest BCUT2D eigenvalue weighted by atomic mass is 79.9. The molecular weight excluding hydrogens is 401 g/mol. The van der Waals surface area contributed by atoms with E-state index in [1.165, 1.54) is 23.8 Å². The highest BCUT2D eigenvalue weighted by molar-refractivity contribution is 9.10. The number of para-hydroxylation sites is 1. The van der Waals surface area contributed by atoms with E-state index < -0.39 is 5.82 Å². The van der Waals surface area contributed by atoms with Crippen LogP contribution in [0.25, 0.3) is 0 Å². The number of nitrogens with one attached hydrogen (secondary N) is 1. The number of halogens is 2. The highest BCUT2D eigenvalue weighted by Crippen LogP contribution is 2.30. The van der Waals surface area contributed by atoms with Crippen molar-refractivity contribution < 1.29 is 9.18 Å². The number of benzene rings is 3. The topological polar surface area (TPSA) is 29.1 Å². The summed E-state index contributed by atoms with van der Waals surface area (Å²) in [5.41, 5.74) is 2.19. The molecule has 1 N–H and O–H groups in total. The molecule has 0 aromatic heterocycles. The van der Waals surface area contributed by atoms with Gasteiger partial charge in [-0.25, -0.2) is 4.39 Å². The molecule has 0 unspecified atom stereocenters. The third kappa shape index (κ3) is 4.71. The van der Waals surface area contributed by atoms with Crippen LogP contribution in [0, 0.1) is 5.82 Å². The van der Waals surface area contributed by atoms with E-state index >= 15 is 0 Å². The third-order valence-corrected chi connectivity index (χ3v) is 5.38. The fraction of sp³-hybridized carbons (Fsp3) is 0.0500. The van der Waals surface area contributed by atoms with E-state index in [1.54, 1.807) is 11.8 Å². The van der Waals surface area contributed by atoms with Crippen LogP contribution in [0.1, 0.15) is 15.9 Å². The Morgan fingerprint density at radius 1 is 1.00 bits per heavy atom. The van der Waals surface area contributed by atoms with Gasteiger partial charge in [0.2, 0.25) is 0 Å². The summed E-state index contributed by atoms with van der Waals surface area (Å²) in [5.74, 6) is 0.0106. The Hall–Kier alpha value is -2.11. The van der Waals surface area contributed by atoms with Gasteiger partial charge in [-0.1, -0.05) is 42.5 Å². The van der Waals surface area contributed by atoms with Crippen molar-refractivity contribution in [2.75, 3.05) is 5.32 Å². The summed E-state index contributed by atoms with van der Waals surface area (Å²) in [4.78, 5) is 13.5. The molecule has 126 valence electrons. The molecule has 0 radical (unpaired) electrons. The summed E-state index contributed by atoms with van der Waals surface area (Å²) in [6, 6.07) is 21.8. The number of anilines is 1. The number of carbonyl (C=O) groups excluding carboxylic acids is 1. The lowest BCUT2D eigenvalue weighted by atomic mass is 10.2. The zero-order chi connectivity index (χ0) is 17.6. The number of hydrogen-bond donors (Lipinski definition) is 1. The summed E-state index contributed by atoms with van der Waals surface area (Å²) in [6.45, 7) is 0. The van der Waals surface area contributed by atoms with Crippen molar-refractivity contribution in [2.24, 2.45) is 0 Å². The maximum Gasteiger partial charge on any atom is 0.256 e. The van der Waals surface area contributed by atoms with Crippen LogP contribution < -0.4 is 5.32 Å². The fourth-order valence-corrected chi connectivity index (χ4v) is 3.68. The molecule has 3 aromatic carbocycles. The maximum absolute atomic E-state index is 13.4. The van der Waals surface area contributed by atoms with Crippen molar-refractivity contribution >= 4 is 39.3 Å². The van der Waals surface area contributed by atoms with E-state index in [9.17, 15) is 9.18 Å². The molecule has 2 nitrogen and oxygen atoms in total. The summed E-state index contributed by atoms with van der Waals surface area (Å²) in [5, 5.41) is 2.87. The summed E-state index contributed by atoms with van der Waals surface area (Å²) >= 11 is 4.94. The highest BCUT2D eigenvalue weighted by Gasteiger charge is 2.13. The van der Waals surface area contributed by atoms with Gasteiger partial charge in [-0.3, -0.25) is 4.79 Å². The molecule has 0 saturated carbocycles. The van der Waals surface area contributed by atoms with Crippen molar-refractivity contribution in [1.29, 1.82) is 0 Å².